The summed E-state index contributed by atoms with van der Waals surface area (Å²) in [7, 11) is 0. The minimum atomic E-state index is -1.29. The number of nitrogen functional groups attached to an aromatic ring is 1. The van der Waals surface area contributed by atoms with Crippen molar-refractivity contribution in [3.05, 3.63) is 93.9 Å². The largest absolute Gasteiger partial charge is 0.508 e. The molecule has 5 heterocycles. The summed E-state index contributed by atoms with van der Waals surface area (Å²) in [6.07, 6.45) is 9.45. The minimum absolute atomic E-state index is 0.103. The van der Waals surface area contributed by atoms with E-state index in [0.717, 1.165) is 48.1 Å². The van der Waals surface area contributed by atoms with Gasteiger partial charge in [0.1, 0.15) is 34.7 Å². The van der Waals surface area contributed by atoms with Gasteiger partial charge in [-0.15, -0.1) is 23.1 Å². The number of β-lactam (4-membered cyclic amide) rings is 1. The van der Waals surface area contributed by atoms with Gasteiger partial charge >= 0.3 is 5.97 Å². The summed E-state index contributed by atoms with van der Waals surface area (Å²) in [6, 6.07) is 9.95. The number of carbonyl (C=O) groups is 4. The second-order valence-electron chi connectivity index (χ2n) is 12.8. The maximum atomic E-state index is 13.4. The highest BCUT2D eigenvalue weighted by molar-refractivity contribution is 8.00. The van der Waals surface area contributed by atoms with Crippen LogP contribution in [0.25, 0.3) is 0 Å². The van der Waals surface area contributed by atoms with Crippen molar-refractivity contribution < 1.29 is 38.8 Å². The quantitative estimate of drug-likeness (QED) is 0.0750. The number of aromatic nitrogens is 2. The molecule has 2 saturated heterocycles. The number of anilines is 1. The molecular formula is C35H36N7O7S2+. The van der Waals surface area contributed by atoms with E-state index in [2.05, 4.69) is 15.5 Å². The van der Waals surface area contributed by atoms with E-state index < -0.39 is 29.2 Å². The molecule has 1 saturated carbocycles. The molecule has 1 aromatic carbocycles. The number of fused-ring (bicyclic) bond motifs is 1. The Bertz CT molecular complexity index is 1970. The number of nitrogens with zero attached hydrogens (tertiary/aromatic N) is 5. The Kier molecular flexibility index (Phi) is 9.77. The van der Waals surface area contributed by atoms with Gasteiger partial charge in [0.15, 0.2) is 29.8 Å². The molecule has 264 valence electrons. The summed E-state index contributed by atoms with van der Waals surface area (Å²) in [5.74, 6) is -2.29. The molecule has 14 nitrogen and oxygen atoms in total. The van der Waals surface area contributed by atoms with E-state index in [9.17, 15) is 29.4 Å². The number of benzene rings is 1. The second-order valence-corrected chi connectivity index (χ2v) is 14.8. The number of phenols is 1. The van der Waals surface area contributed by atoms with Crippen molar-refractivity contribution in [2.24, 2.45) is 5.16 Å². The molecule has 1 aliphatic carbocycles. The number of allylic oxidation sites excluding steroid dienone is 1. The summed E-state index contributed by atoms with van der Waals surface area (Å²) in [4.78, 5) is 65.5. The first kappa shape index (κ1) is 34.2. The number of carboxylic acid groups (broad SMARTS) is 1. The number of hydrogen-bond acceptors (Lipinski definition) is 11. The van der Waals surface area contributed by atoms with Crippen LogP contribution in [0, 0.1) is 0 Å². The molecule has 5 N–H and O–H groups in total. The fraction of sp³-hybridized carbons (Fsp3) is 0.343. The summed E-state index contributed by atoms with van der Waals surface area (Å²) in [6.45, 7) is 1.45. The lowest BCUT2D eigenvalue weighted by molar-refractivity contribution is -0.688. The lowest BCUT2D eigenvalue weighted by Gasteiger charge is -2.49. The van der Waals surface area contributed by atoms with Gasteiger partial charge in [-0.25, -0.2) is 14.3 Å². The van der Waals surface area contributed by atoms with Crippen LogP contribution in [0.2, 0.25) is 0 Å². The highest BCUT2D eigenvalue weighted by atomic mass is 32.2. The van der Waals surface area contributed by atoms with E-state index in [1.165, 1.54) is 16.7 Å². The number of likely N-dealkylation sites (tertiary alicyclic amines) is 1. The Hall–Kier alpha value is -5.22. The van der Waals surface area contributed by atoms with Crippen molar-refractivity contribution in [1.29, 1.82) is 0 Å². The second kappa shape index (κ2) is 14.6. The van der Waals surface area contributed by atoms with E-state index in [0.29, 0.717) is 37.2 Å². The number of nitrogens with one attached hydrogen (secondary N) is 1. The predicted octanol–water partition coefficient (Wildman–Crippen LogP) is 2.53. The number of aromatic hydroxyl groups is 1. The number of carboxylic acids is 1. The topological polar surface area (TPSA) is 192 Å². The van der Waals surface area contributed by atoms with Crippen LogP contribution in [0.15, 0.2) is 82.2 Å². The number of hydrogen-bond donors (Lipinski definition) is 4. The monoisotopic (exact) mass is 730 g/mol. The fourth-order valence-electron chi connectivity index (χ4n) is 6.63. The highest BCUT2D eigenvalue weighted by Gasteiger charge is 2.54. The van der Waals surface area contributed by atoms with Gasteiger partial charge < -0.3 is 31.0 Å². The molecule has 3 amide bonds. The number of phenolic OH excluding ortho intramolecular Hbond substituents is 1. The summed E-state index contributed by atoms with van der Waals surface area (Å²) < 4.78 is 1.98. The summed E-state index contributed by atoms with van der Waals surface area (Å²) in [5, 5.41) is 27.9. The van der Waals surface area contributed by atoms with Crippen molar-refractivity contribution in [2.75, 3.05) is 18.0 Å². The highest BCUT2D eigenvalue weighted by Crippen LogP contribution is 2.41. The summed E-state index contributed by atoms with van der Waals surface area (Å²) >= 11 is 2.45. The average Bonchev–Trinajstić information content (AvgIpc) is 3.87. The number of amides is 3. The lowest BCUT2D eigenvalue weighted by atomic mass is 10.0. The van der Waals surface area contributed by atoms with E-state index in [-0.39, 0.29) is 45.7 Å². The molecule has 16 heteroatoms. The maximum Gasteiger partial charge on any atom is 0.352 e. The predicted molar refractivity (Wildman–Crippen MR) is 188 cm³/mol. The molecule has 0 unspecified atom stereocenters. The molecule has 3 fully saturated rings. The van der Waals surface area contributed by atoms with Crippen LogP contribution in [0.5, 0.6) is 5.75 Å². The van der Waals surface area contributed by atoms with Crippen LogP contribution < -0.4 is 15.6 Å². The Morgan fingerprint density at radius 3 is 2.65 bits per heavy atom. The molecule has 51 heavy (non-hydrogen) atoms. The zero-order valence-electron chi connectivity index (χ0n) is 27.4. The SMILES string of the molecule is Nc1nc(C(=NOC2CCCC2)C(=O)N[C@@H]2C(=O)N3C(C(=O)O)=C(C=C4CCN(Cc5cc[n+](Cc6cccc(O)c6)cc5)C4=O)CS[C@H]23)cs1. The third-order valence-corrected chi connectivity index (χ3v) is 11.2. The number of aliphatic carboxylic acids is 1. The molecule has 7 rings (SSSR count). The van der Waals surface area contributed by atoms with Crippen LogP contribution >= 0.6 is 23.1 Å². The van der Waals surface area contributed by atoms with Gasteiger partial charge in [0.2, 0.25) is 5.91 Å². The Morgan fingerprint density at radius 1 is 1.16 bits per heavy atom. The van der Waals surface area contributed by atoms with Gasteiger partial charge in [0, 0.05) is 47.5 Å². The van der Waals surface area contributed by atoms with Crippen LogP contribution in [-0.2, 0) is 37.1 Å². The minimum Gasteiger partial charge on any atom is -0.508 e. The van der Waals surface area contributed by atoms with Gasteiger partial charge in [0.25, 0.3) is 11.8 Å². The van der Waals surface area contributed by atoms with Gasteiger partial charge in [-0.1, -0.05) is 17.3 Å². The van der Waals surface area contributed by atoms with E-state index >= 15 is 0 Å². The normalized spacial score (nSPS) is 21.6. The van der Waals surface area contributed by atoms with Crippen molar-refractivity contribution >= 4 is 57.6 Å². The first-order valence-electron chi connectivity index (χ1n) is 16.6. The number of thiazole rings is 1. The molecule has 0 spiro atoms. The average molecular weight is 731 g/mol. The van der Waals surface area contributed by atoms with Gasteiger partial charge in [-0.2, -0.15) is 0 Å². The maximum absolute atomic E-state index is 13.4. The molecule has 2 aromatic heterocycles. The number of nitrogens with two attached hydrogens (primary N) is 1. The molecule has 3 aliphatic heterocycles. The van der Waals surface area contributed by atoms with Crippen LogP contribution in [0.1, 0.15) is 48.9 Å². The van der Waals surface area contributed by atoms with E-state index in [1.807, 2.05) is 35.2 Å². The first-order chi connectivity index (χ1) is 24.6. The third kappa shape index (κ3) is 7.32. The number of oxime groups is 1. The van der Waals surface area contributed by atoms with Crippen LogP contribution in [-0.4, -0.2) is 84.2 Å². The zero-order valence-corrected chi connectivity index (χ0v) is 29.1. The molecule has 0 radical (unpaired) electrons. The van der Waals surface area contributed by atoms with Crippen LogP contribution in [0.3, 0.4) is 0 Å². The van der Waals surface area contributed by atoms with Gasteiger partial charge in [0.05, 0.1) is 0 Å². The Balaban J connectivity index is 1.01. The van der Waals surface area contributed by atoms with Crippen LogP contribution in [0.4, 0.5) is 5.13 Å². The molecule has 4 aliphatic rings. The smallest absolute Gasteiger partial charge is 0.352 e. The zero-order chi connectivity index (χ0) is 35.6. The lowest BCUT2D eigenvalue weighted by Crippen LogP contribution is -2.71. The van der Waals surface area contributed by atoms with Gasteiger partial charge in [-0.05, 0) is 61.4 Å². The standard InChI is InChI=1S/C35H35N7O7S2/c36-35-37-26(19-51-35)27(39-49-25-6-1-2-7-25)30(44)38-28-32(46)42-29(34(47)48)23(18-50-33(28)42)15-22-10-13-41(31(22)45)17-20-8-11-40(12-9-20)16-21-4-3-5-24(43)14-21/h3-5,8-9,11-12,14-15,19,25,28,33H,1-2,6-7,10,13,16-18H2,(H4-,36,37,38,43,44,47,48)/p+1/t28-,33-/m1/s1. The van der Waals surface area contributed by atoms with Crippen molar-refractivity contribution in [3.63, 3.8) is 0 Å². The van der Waals surface area contributed by atoms with Crippen molar-refractivity contribution in [3.8, 4) is 5.75 Å². The first-order valence-corrected chi connectivity index (χ1v) is 18.5. The number of carbonyl (C=O) groups excluding carboxylic acids is 3. The van der Waals surface area contributed by atoms with Gasteiger partial charge in [-0.3, -0.25) is 19.3 Å². The number of thioether (sulfide) groups is 1. The third-order valence-electron chi connectivity index (χ3n) is 9.23. The number of rotatable bonds is 11. The molecule has 2 atom stereocenters. The number of pyridine rings is 1. The van der Waals surface area contributed by atoms with E-state index in [4.69, 9.17) is 10.6 Å². The molecule has 3 aromatic rings. The fourth-order valence-corrected chi connectivity index (χ4v) is 8.49. The summed E-state index contributed by atoms with van der Waals surface area (Å²) in [5.41, 5.74) is 8.46. The van der Waals surface area contributed by atoms with Crippen molar-refractivity contribution in [1.82, 2.24) is 20.1 Å². The molecule has 0 bridgehead atoms. The van der Waals surface area contributed by atoms with E-state index in [1.54, 1.807) is 34.6 Å². The molecular weight excluding hydrogens is 695 g/mol. The van der Waals surface area contributed by atoms with Crippen molar-refractivity contribution in [2.45, 2.75) is 62.7 Å². The Morgan fingerprint density at radius 2 is 1.94 bits per heavy atom. The Labute approximate surface area is 301 Å².